The summed E-state index contributed by atoms with van der Waals surface area (Å²) in [6, 6.07) is 0. The smallest absolute Gasteiger partial charge is 0.223 e. The molecule has 0 radical (unpaired) electrons. The van der Waals surface area contributed by atoms with Crippen molar-refractivity contribution < 1.29 is 4.79 Å². The van der Waals surface area contributed by atoms with Gasteiger partial charge < -0.3 is 5.32 Å². The Labute approximate surface area is 113 Å². The molecule has 18 heavy (non-hydrogen) atoms. The molecule has 1 aliphatic carbocycles. The van der Waals surface area contributed by atoms with Crippen molar-refractivity contribution in [3.8, 4) is 0 Å². The van der Waals surface area contributed by atoms with Gasteiger partial charge in [-0.15, -0.1) is 0 Å². The second-order valence-electron chi connectivity index (χ2n) is 6.68. The second-order valence-corrected chi connectivity index (χ2v) is 6.68. The number of hydrogen-bond donors (Lipinski definition) is 1. The van der Waals surface area contributed by atoms with Gasteiger partial charge in [0.05, 0.1) is 0 Å². The lowest BCUT2D eigenvalue weighted by atomic mass is 9.77. The molecule has 2 nitrogen and oxygen atoms in total. The second kappa shape index (κ2) is 7.81. The van der Waals surface area contributed by atoms with Crippen molar-refractivity contribution in [3.63, 3.8) is 0 Å². The summed E-state index contributed by atoms with van der Waals surface area (Å²) in [5.74, 6) is 2.96. The zero-order chi connectivity index (χ0) is 13.5. The van der Waals surface area contributed by atoms with Crippen molar-refractivity contribution in [1.82, 2.24) is 5.32 Å². The third-order valence-corrected chi connectivity index (χ3v) is 4.34. The molecule has 1 aliphatic rings. The van der Waals surface area contributed by atoms with Gasteiger partial charge in [0.25, 0.3) is 0 Å². The van der Waals surface area contributed by atoms with E-state index in [0.29, 0.717) is 11.8 Å². The van der Waals surface area contributed by atoms with E-state index in [9.17, 15) is 4.79 Å². The van der Waals surface area contributed by atoms with Gasteiger partial charge in [0.2, 0.25) is 5.91 Å². The molecular formula is C16H31NO. The molecule has 0 spiro atoms. The summed E-state index contributed by atoms with van der Waals surface area (Å²) in [6.07, 6.45) is 6.99. The molecule has 1 saturated carbocycles. The Morgan fingerprint density at radius 2 is 1.72 bits per heavy atom. The fourth-order valence-electron chi connectivity index (χ4n) is 2.91. The Hall–Kier alpha value is -0.530. The lowest BCUT2D eigenvalue weighted by Crippen LogP contribution is -2.34. The maximum atomic E-state index is 12.0. The van der Waals surface area contributed by atoms with E-state index in [1.54, 1.807) is 0 Å². The average Bonchev–Trinajstić information content (AvgIpc) is 2.34. The standard InChI is InChI=1S/C16H31NO/c1-12(2)6-5-11-17-16(18)15-9-7-14(8-10-15)13(3)4/h12-15H,5-11H2,1-4H3,(H,17,18). The molecule has 2 heteroatoms. The first-order chi connectivity index (χ1) is 8.50. The van der Waals surface area contributed by atoms with E-state index in [1.165, 1.54) is 19.3 Å². The van der Waals surface area contributed by atoms with Gasteiger partial charge in [-0.25, -0.2) is 0 Å². The molecule has 1 fully saturated rings. The molecule has 0 atom stereocenters. The van der Waals surface area contributed by atoms with Gasteiger partial charge >= 0.3 is 0 Å². The van der Waals surface area contributed by atoms with Crippen LogP contribution < -0.4 is 5.32 Å². The third kappa shape index (κ3) is 5.41. The van der Waals surface area contributed by atoms with Crippen molar-refractivity contribution in [2.24, 2.45) is 23.7 Å². The number of rotatable bonds is 6. The third-order valence-electron chi connectivity index (χ3n) is 4.34. The number of nitrogens with one attached hydrogen (secondary N) is 1. The van der Waals surface area contributed by atoms with Crippen LogP contribution in [-0.2, 0) is 4.79 Å². The van der Waals surface area contributed by atoms with Crippen molar-refractivity contribution in [3.05, 3.63) is 0 Å². The number of carbonyl (C=O) groups excluding carboxylic acids is 1. The Morgan fingerprint density at radius 1 is 1.11 bits per heavy atom. The minimum atomic E-state index is 0.291. The van der Waals surface area contributed by atoms with E-state index < -0.39 is 0 Å². The van der Waals surface area contributed by atoms with Gasteiger partial charge in [-0.2, -0.15) is 0 Å². The highest BCUT2D eigenvalue weighted by Gasteiger charge is 2.27. The molecule has 0 unspecified atom stereocenters. The van der Waals surface area contributed by atoms with Gasteiger partial charge in [0.15, 0.2) is 0 Å². The number of amides is 1. The van der Waals surface area contributed by atoms with E-state index in [2.05, 4.69) is 33.0 Å². The summed E-state index contributed by atoms with van der Waals surface area (Å²) in [4.78, 5) is 12.0. The van der Waals surface area contributed by atoms with Crippen LogP contribution in [0.15, 0.2) is 0 Å². The van der Waals surface area contributed by atoms with E-state index in [1.807, 2.05) is 0 Å². The van der Waals surface area contributed by atoms with Crippen LogP contribution >= 0.6 is 0 Å². The van der Waals surface area contributed by atoms with E-state index in [0.717, 1.165) is 43.6 Å². The van der Waals surface area contributed by atoms with Crippen molar-refractivity contribution in [2.45, 2.75) is 66.2 Å². The molecule has 0 aromatic rings. The largest absolute Gasteiger partial charge is 0.356 e. The number of carbonyl (C=O) groups is 1. The SMILES string of the molecule is CC(C)CCCNC(=O)C1CCC(C(C)C)CC1. The number of hydrogen-bond acceptors (Lipinski definition) is 1. The van der Waals surface area contributed by atoms with E-state index in [4.69, 9.17) is 0 Å². The first-order valence-corrected chi connectivity index (χ1v) is 7.78. The Balaban J connectivity index is 2.16. The maximum Gasteiger partial charge on any atom is 0.223 e. The van der Waals surface area contributed by atoms with Crippen LogP contribution in [0.25, 0.3) is 0 Å². The predicted octanol–water partition coefficient (Wildman–Crippen LogP) is 4.00. The van der Waals surface area contributed by atoms with E-state index >= 15 is 0 Å². The summed E-state index contributed by atoms with van der Waals surface area (Å²) in [7, 11) is 0. The maximum absolute atomic E-state index is 12.0. The Morgan fingerprint density at radius 3 is 2.22 bits per heavy atom. The molecule has 1 amide bonds. The summed E-state index contributed by atoms with van der Waals surface area (Å²) in [5, 5.41) is 3.11. The Bertz CT molecular complexity index is 239. The summed E-state index contributed by atoms with van der Waals surface area (Å²) in [6.45, 7) is 9.93. The predicted molar refractivity (Wildman–Crippen MR) is 77.4 cm³/mol. The van der Waals surface area contributed by atoms with Crippen molar-refractivity contribution in [2.75, 3.05) is 6.54 Å². The summed E-state index contributed by atoms with van der Waals surface area (Å²) >= 11 is 0. The zero-order valence-electron chi connectivity index (χ0n) is 12.7. The quantitative estimate of drug-likeness (QED) is 0.712. The molecule has 1 N–H and O–H groups in total. The molecule has 0 heterocycles. The first kappa shape index (κ1) is 15.5. The topological polar surface area (TPSA) is 29.1 Å². The highest BCUT2D eigenvalue weighted by molar-refractivity contribution is 5.78. The molecule has 0 bridgehead atoms. The average molecular weight is 253 g/mol. The highest BCUT2D eigenvalue weighted by Crippen LogP contribution is 2.33. The normalized spacial score (nSPS) is 24.6. The van der Waals surface area contributed by atoms with E-state index in [-0.39, 0.29) is 0 Å². The molecule has 0 aliphatic heterocycles. The first-order valence-electron chi connectivity index (χ1n) is 7.78. The molecule has 0 aromatic heterocycles. The Kier molecular flexibility index (Phi) is 6.73. The lowest BCUT2D eigenvalue weighted by molar-refractivity contribution is -0.126. The molecule has 106 valence electrons. The van der Waals surface area contributed by atoms with Crippen LogP contribution in [0.4, 0.5) is 0 Å². The fourth-order valence-corrected chi connectivity index (χ4v) is 2.91. The van der Waals surface area contributed by atoms with Crippen molar-refractivity contribution in [1.29, 1.82) is 0 Å². The van der Waals surface area contributed by atoms with Crippen LogP contribution in [-0.4, -0.2) is 12.5 Å². The molecule has 0 saturated heterocycles. The van der Waals surface area contributed by atoms with Crippen LogP contribution in [0.5, 0.6) is 0 Å². The fraction of sp³-hybridized carbons (Fsp3) is 0.938. The van der Waals surface area contributed by atoms with Crippen LogP contribution in [0.2, 0.25) is 0 Å². The van der Waals surface area contributed by atoms with Gasteiger partial charge in [-0.3, -0.25) is 4.79 Å². The highest BCUT2D eigenvalue weighted by atomic mass is 16.1. The van der Waals surface area contributed by atoms with Crippen LogP contribution in [0.3, 0.4) is 0 Å². The summed E-state index contributed by atoms with van der Waals surface area (Å²) < 4.78 is 0. The molecule has 1 rings (SSSR count). The molecular weight excluding hydrogens is 222 g/mol. The minimum Gasteiger partial charge on any atom is -0.356 e. The van der Waals surface area contributed by atoms with Gasteiger partial charge in [-0.05, 0) is 56.3 Å². The van der Waals surface area contributed by atoms with Crippen LogP contribution in [0.1, 0.15) is 66.2 Å². The monoisotopic (exact) mass is 253 g/mol. The van der Waals surface area contributed by atoms with Gasteiger partial charge in [0.1, 0.15) is 0 Å². The summed E-state index contributed by atoms with van der Waals surface area (Å²) in [5.41, 5.74) is 0. The van der Waals surface area contributed by atoms with Crippen molar-refractivity contribution >= 4 is 5.91 Å². The van der Waals surface area contributed by atoms with Gasteiger partial charge in [0, 0.05) is 12.5 Å². The minimum absolute atomic E-state index is 0.291. The lowest BCUT2D eigenvalue weighted by Gasteiger charge is -2.30. The zero-order valence-corrected chi connectivity index (χ0v) is 12.7. The van der Waals surface area contributed by atoms with Crippen LogP contribution in [0, 0.1) is 23.7 Å². The molecule has 0 aromatic carbocycles. The van der Waals surface area contributed by atoms with Gasteiger partial charge in [-0.1, -0.05) is 27.7 Å².